The summed E-state index contributed by atoms with van der Waals surface area (Å²) in [6.07, 6.45) is 3.58. The molecular weight excluding hydrogens is 282 g/mol. The third kappa shape index (κ3) is 3.59. The highest BCUT2D eigenvalue weighted by Gasteiger charge is 2.13. The molecule has 0 saturated heterocycles. The highest BCUT2D eigenvalue weighted by atomic mass is 32.2. The fourth-order valence-electron chi connectivity index (χ4n) is 1.38. The van der Waals surface area contributed by atoms with E-state index in [4.69, 9.17) is 4.42 Å². The zero-order valence-electron chi connectivity index (χ0n) is 11.1. The van der Waals surface area contributed by atoms with Crippen molar-refractivity contribution < 1.29 is 12.8 Å². The lowest BCUT2D eigenvalue weighted by molar-refractivity contribution is 0.488. The smallest absolute Gasteiger partial charge is 0.278 e. The van der Waals surface area contributed by atoms with Crippen LogP contribution in [-0.2, 0) is 16.6 Å². The minimum Gasteiger partial charge on any atom is -0.421 e. The number of rotatable bonds is 6. The molecule has 8 nitrogen and oxygen atoms in total. The minimum absolute atomic E-state index is 0.193. The first-order chi connectivity index (χ1) is 9.49. The van der Waals surface area contributed by atoms with Crippen LogP contribution in [0.4, 0.5) is 0 Å². The molecule has 2 aromatic rings. The van der Waals surface area contributed by atoms with Gasteiger partial charge in [-0.3, -0.25) is 4.98 Å². The molecule has 0 amide bonds. The van der Waals surface area contributed by atoms with Crippen molar-refractivity contribution in [2.45, 2.75) is 6.42 Å². The highest BCUT2D eigenvalue weighted by Crippen LogP contribution is 2.16. The molecule has 1 N–H and O–H groups in total. The van der Waals surface area contributed by atoms with Crippen molar-refractivity contribution in [2.75, 3.05) is 20.6 Å². The standard InChI is InChI=1S/C11H15N5O3S/c1-16(2)20(17,18)13-8-5-10-14-15-11(19-10)9-3-6-12-7-4-9/h3-4,6-7,13H,5,8H2,1-2H3. The lowest BCUT2D eigenvalue weighted by atomic mass is 10.3. The Morgan fingerprint density at radius 1 is 1.25 bits per heavy atom. The number of aromatic nitrogens is 3. The van der Waals surface area contributed by atoms with Gasteiger partial charge in [-0.15, -0.1) is 10.2 Å². The van der Waals surface area contributed by atoms with Crippen molar-refractivity contribution >= 4 is 10.2 Å². The van der Waals surface area contributed by atoms with Crippen LogP contribution < -0.4 is 4.72 Å². The summed E-state index contributed by atoms with van der Waals surface area (Å²) in [5.41, 5.74) is 0.771. The molecule has 0 fully saturated rings. The minimum atomic E-state index is -3.43. The lowest BCUT2D eigenvalue weighted by Gasteiger charge is -2.11. The summed E-state index contributed by atoms with van der Waals surface area (Å²) in [6, 6.07) is 3.51. The van der Waals surface area contributed by atoms with Gasteiger partial charge in [-0.2, -0.15) is 12.7 Å². The van der Waals surface area contributed by atoms with Crippen molar-refractivity contribution in [2.24, 2.45) is 0 Å². The maximum Gasteiger partial charge on any atom is 0.278 e. The Morgan fingerprint density at radius 2 is 1.95 bits per heavy atom. The molecule has 0 aliphatic carbocycles. The third-order valence-corrected chi connectivity index (χ3v) is 4.03. The van der Waals surface area contributed by atoms with Gasteiger partial charge in [0.2, 0.25) is 11.8 Å². The monoisotopic (exact) mass is 297 g/mol. The van der Waals surface area contributed by atoms with Gasteiger partial charge in [0, 0.05) is 45.0 Å². The van der Waals surface area contributed by atoms with Crippen LogP contribution in [0.5, 0.6) is 0 Å². The van der Waals surface area contributed by atoms with Crippen LogP contribution >= 0.6 is 0 Å². The van der Waals surface area contributed by atoms with Crippen molar-refractivity contribution in [1.29, 1.82) is 0 Å². The van der Waals surface area contributed by atoms with Crippen molar-refractivity contribution in [3.8, 4) is 11.5 Å². The molecule has 9 heteroatoms. The Kier molecular flexibility index (Phi) is 4.42. The Balaban J connectivity index is 1.94. The van der Waals surface area contributed by atoms with Crippen LogP contribution in [0.3, 0.4) is 0 Å². The molecule has 2 aromatic heterocycles. The SMILES string of the molecule is CN(C)S(=O)(=O)NCCc1nnc(-c2ccncc2)o1. The van der Waals surface area contributed by atoms with E-state index in [1.54, 1.807) is 24.5 Å². The molecule has 0 aromatic carbocycles. The average Bonchev–Trinajstić information content (AvgIpc) is 2.88. The van der Waals surface area contributed by atoms with Gasteiger partial charge in [0.25, 0.3) is 10.2 Å². The summed E-state index contributed by atoms with van der Waals surface area (Å²) in [5, 5.41) is 7.78. The second kappa shape index (κ2) is 6.07. The molecule has 0 bridgehead atoms. The van der Waals surface area contributed by atoms with Crippen LogP contribution in [-0.4, -0.2) is 48.5 Å². The summed E-state index contributed by atoms with van der Waals surface area (Å²) in [5.74, 6) is 0.760. The summed E-state index contributed by atoms with van der Waals surface area (Å²) in [6.45, 7) is 0.193. The highest BCUT2D eigenvalue weighted by molar-refractivity contribution is 7.87. The predicted octanol–water partition coefficient (Wildman–Crippen LogP) is 0.0701. The number of hydrogen-bond donors (Lipinski definition) is 1. The van der Waals surface area contributed by atoms with Crippen LogP contribution in [0.25, 0.3) is 11.5 Å². The summed E-state index contributed by atoms with van der Waals surface area (Å²) in [4.78, 5) is 3.90. The fraction of sp³-hybridized carbons (Fsp3) is 0.364. The molecule has 2 rings (SSSR count). The van der Waals surface area contributed by atoms with Crippen molar-refractivity contribution in [1.82, 2.24) is 24.2 Å². The molecule has 0 saturated carbocycles. The molecule has 0 spiro atoms. The Bertz CT molecular complexity index is 654. The van der Waals surface area contributed by atoms with Gasteiger partial charge in [-0.1, -0.05) is 0 Å². The molecule has 0 atom stereocenters. The lowest BCUT2D eigenvalue weighted by Crippen LogP contribution is -2.36. The molecule has 0 aliphatic heterocycles. The van der Waals surface area contributed by atoms with E-state index in [1.165, 1.54) is 14.1 Å². The van der Waals surface area contributed by atoms with Gasteiger partial charge in [0.05, 0.1) is 0 Å². The van der Waals surface area contributed by atoms with Gasteiger partial charge in [-0.25, -0.2) is 4.72 Å². The van der Waals surface area contributed by atoms with Gasteiger partial charge in [0.1, 0.15) is 0 Å². The first kappa shape index (κ1) is 14.6. The molecule has 20 heavy (non-hydrogen) atoms. The molecule has 0 aliphatic rings. The zero-order chi connectivity index (χ0) is 14.6. The van der Waals surface area contributed by atoms with Gasteiger partial charge < -0.3 is 4.42 Å². The van der Waals surface area contributed by atoms with Gasteiger partial charge in [0.15, 0.2) is 0 Å². The van der Waals surface area contributed by atoms with Gasteiger partial charge in [-0.05, 0) is 12.1 Å². The average molecular weight is 297 g/mol. The number of nitrogens with one attached hydrogen (secondary N) is 1. The maximum atomic E-state index is 11.5. The van der Waals surface area contributed by atoms with E-state index in [2.05, 4.69) is 19.9 Å². The zero-order valence-corrected chi connectivity index (χ0v) is 12.0. The number of nitrogens with zero attached hydrogens (tertiary/aromatic N) is 4. The molecule has 0 unspecified atom stereocenters. The number of pyridine rings is 1. The van der Waals surface area contributed by atoms with Crippen LogP contribution in [0, 0.1) is 0 Å². The second-order valence-electron chi connectivity index (χ2n) is 4.17. The Labute approximate surface area is 117 Å². The summed E-state index contributed by atoms with van der Waals surface area (Å²) in [7, 11) is -0.519. The maximum absolute atomic E-state index is 11.5. The van der Waals surface area contributed by atoms with Crippen LogP contribution in [0.1, 0.15) is 5.89 Å². The van der Waals surface area contributed by atoms with Crippen molar-refractivity contribution in [3.05, 3.63) is 30.4 Å². The van der Waals surface area contributed by atoms with Gasteiger partial charge >= 0.3 is 0 Å². The summed E-state index contributed by atoms with van der Waals surface area (Å²) < 4.78 is 31.9. The molecule has 2 heterocycles. The van der Waals surface area contributed by atoms with Crippen molar-refractivity contribution in [3.63, 3.8) is 0 Å². The number of hydrogen-bond acceptors (Lipinski definition) is 6. The van der Waals surface area contributed by atoms with E-state index in [9.17, 15) is 8.42 Å². The topological polar surface area (TPSA) is 101 Å². The third-order valence-electron chi connectivity index (χ3n) is 2.50. The molecule has 108 valence electrons. The largest absolute Gasteiger partial charge is 0.421 e. The predicted molar refractivity (Wildman–Crippen MR) is 71.8 cm³/mol. The Hall–Kier alpha value is -1.84. The van der Waals surface area contributed by atoms with Crippen LogP contribution in [0.15, 0.2) is 28.9 Å². The molecular formula is C11H15N5O3S. The van der Waals surface area contributed by atoms with E-state index in [1.807, 2.05) is 0 Å². The quantitative estimate of drug-likeness (QED) is 0.809. The van der Waals surface area contributed by atoms with E-state index in [0.717, 1.165) is 9.87 Å². The Morgan fingerprint density at radius 3 is 2.60 bits per heavy atom. The normalized spacial score (nSPS) is 11.9. The fourth-order valence-corrected chi connectivity index (χ4v) is 2.00. The summed E-state index contributed by atoms with van der Waals surface area (Å²) >= 11 is 0. The van der Waals surface area contributed by atoms with E-state index >= 15 is 0 Å². The first-order valence-corrected chi connectivity index (χ1v) is 7.33. The molecule has 0 radical (unpaired) electrons. The first-order valence-electron chi connectivity index (χ1n) is 5.89. The van der Waals surface area contributed by atoms with E-state index in [-0.39, 0.29) is 6.54 Å². The second-order valence-corrected chi connectivity index (χ2v) is 6.14. The van der Waals surface area contributed by atoms with E-state index < -0.39 is 10.2 Å². The van der Waals surface area contributed by atoms with E-state index in [0.29, 0.717) is 18.2 Å². The van der Waals surface area contributed by atoms with Crippen LogP contribution in [0.2, 0.25) is 0 Å².